The monoisotopic (exact) mass is 407 g/mol. The summed E-state index contributed by atoms with van der Waals surface area (Å²) in [6.45, 7) is 3.18. The maximum absolute atomic E-state index is 12.7. The maximum atomic E-state index is 12.7. The van der Waals surface area contributed by atoms with Gasteiger partial charge in [0.15, 0.2) is 11.4 Å². The Morgan fingerprint density at radius 3 is 2.67 bits per heavy atom. The summed E-state index contributed by atoms with van der Waals surface area (Å²) in [5.74, 6) is 0.563. The quantitative estimate of drug-likeness (QED) is 0.700. The van der Waals surface area contributed by atoms with E-state index >= 15 is 0 Å². The molecule has 0 radical (unpaired) electrons. The maximum Gasteiger partial charge on any atom is 0.224 e. The second-order valence-electron chi connectivity index (χ2n) is 7.64. The van der Waals surface area contributed by atoms with Crippen LogP contribution < -0.4 is 5.32 Å². The molecule has 1 spiro atoms. The molecule has 0 unspecified atom stereocenters. The molecule has 0 saturated carbocycles. The molecule has 8 nitrogen and oxygen atoms in total. The third kappa shape index (κ3) is 3.64. The summed E-state index contributed by atoms with van der Waals surface area (Å²) in [4.78, 5) is 23.5. The third-order valence-corrected chi connectivity index (χ3v) is 5.80. The van der Waals surface area contributed by atoms with E-state index < -0.39 is 5.79 Å². The zero-order valence-electron chi connectivity index (χ0n) is 16.8. The Labute approximate surface area is 174 Å². The molecule has 4 heterocycles. The van der Waals surface area contributed by atoms with Gasteiger partial charge in [0.25, 0.3) is 0 Å². The molecule has 3 aromatic rings. The van der Waals surface area contributed by atoms with E-state index in [1.165, 1.54) is 0 Å². The van der Waals surface area contributed by atoms with E-state index in [0.717, 1.165) is 35.6 Å². The molecule has 0 atom stereocenters. The number of anilines is 1. The number of imidazole rings is 1. The first-order valence-corrected chi connectivity index (χ1v) is 10.4. The smallest absolute Gasteiger partial charge is 0.224 e. The van der Waals surface area contributed by atoms with Gasteiger partial charge in [0.05, 0.1) is 19.4 Å². The van der Waals surface area contributed by atoms with Crippen LogP contribution in [0, 0.1) is 0 Å². The van der Waals surface area contributed by atoms with Crippen molar-refractivity contribution in [1.82, 2.24) is 19.3 Å². The lowest BCUT2D eigenvalue weighted by Crippen LogP contribution is -2.47. The van der Waals surface area contributed by atoms with Gasteiger partial charge in [-0.3, -0.25) is 14.2 Å². The van der Waals surface area contributed by atoms with Gasteiger partial charge in [-0.15, -0.1) is 0 Å². The van der Waals surface area contributed by atoms with E-state index in [4.69, 9.17) is 14.5 Å². The molecule has 2 aliphatic rings. The molecule has 1 aromatic carbocycles. The lowest BCUT2D eigenvalue weighted by molar-refractivity contribution is -0.187. The minimum absolute atomic E-state index is 0.145. The van der Waals surface area contributed by atoms with Crippen LogP contribution in [0.4, 0.5) is 5.82 Å². The van der Waals surface area contributed by atoms with Crippen LogP contribution in [0.2, 0.25) is 0 Å². The number of ether oxygens (including phenoxy) is 2. The lowest BCUT2D eigenvalue weighted by atomic mass is 10.0. The fourth-order valence-electron chi connectivity index (χ4n) is 4.20. The highest BCUT2D eigenvalue weighted by atomic mass is 16.7. The first-order chi connectivity index (χ1) is 14.7. The minimum Gasteiger partial charge on any atom is -0.369 e. The average molecular weight is 407 g/mol. The van der Waals surface area contributed by atoms with E-state index in [2.05, 4.69) is 10.3 Å². The molecule has 2 saturated heterocycles. The molecular formula is C22H25N5O3. The summed E-state index contributed by atoms with van der Waals surface area (Å²) in [5, 5.41) is 3.43. The van der Waals surface area contributed by atoms with Gasteiger partial charge in [-0.1, -0.05) is 30.3 Å². The number of carbonyl (C=O) groups is 1. The van der Waals surface area contributed by atoms with Crippen molar-refractivity contribution in [2.45, 2.75) is 25.0 Å². The van der Waals surface area contributed by atoms with Crippen LogP contribution in [-0.4, -0.2) is 63.8 Å². The second-order valence-corrected chi connectivity index (χ2v) is 7.64. The second kappa shape index (κ2) is 8.04. The number of nitrogens with zero attached hydrogens (tertiary/aromatic N) is 4. The van der Waals surface area contributed by atoms with Crippen molar-refractivity contribution in [2.24, 2.45) is 0 Å². The van der Waals surface area contributed by atoms with Gasteiger partial charge in [-0.05, 0) is 0 Å². The molecule has 156 valence electrons. The zero-order valence-corrected chi connectivity index (χ0v) is 16.8. The molecule has 0 aliphatic carbocycles. The SMILES string of the molecule is O=C(CCNc1c(-c2ccccc2)nc2cnccn12)N1CCC2(CC1)OCCO2. The number of hydrogen-bond donors (Lipinski definition) is 1. The van der Waals surface area contributed by atoms with E-state index in [0.29, 0.717) is 39.3 Å². The van der Waals surface area contributed by atoms with E-state index in [-0.39, 0.29) is 5.91 Å². The number of aromatic nitrogens is 3. The Morgan fingerprint density at radius 2 is 1.90 bits per heavy atom. The number of fused-ring (bicyclic) bond motifs is 1. The highest BCUT2D eigenvalue weighted by Crippen LogP contribution is 2.31. The van der Waals surface area contributed by atoms with Crippen molar-refractivity contribution in [3.05, 3.63) is 48.9 Å². The molecule has 2 fully saturated rings. The van der Waals surface area contributed by atoms with Crippen molar-refractivity contribution >= 4 is 17.4 Å². The molecule has 30 heavy (non-hydrogen) atoms. The van der Waals surface area contributed by atoms with Crippen LogP contribution in [0.25, 0.3) is 16.9 Å². The highest BCUT2D eigenvalue weighted by molar-refractivity contribution is 5.78. The summed E-state index contributed by atoms with van der Waals surface area (Å²) in [6, 6.07) is 10.0. The molecule has 0 bridgehead atoms. The largest absolute Gasteiger partial charge is 0.369 e. The van der Waals surface area contributed by atoms with Gasteiger partial charge in [0.2, 0.25) is 5.91 Å². The lowest BCUT2D eigenvalue weighted by Gasteiger charge is -2.37. The van der Waals surface area contributed by atoms with Gasteiger partial charge in [-0.25, -0.2) is 4.98 Å². The van der Waals surface area contributed by atoms with Gasteiger partial charge in [-0.2, -0.15) is 0 Å². The Bertz CT molecular complexity index is 1020. The Kier molecular flexibility index (Phi) is 5.10. The average Bonchev–Trinajstić information content (AvgIpc) is 3.40. The molecule has 5 rings (SSSR count). The molecule has 2 aromatic heterocycles. The van der Waals surface area contributed by atoms with Crippen molar-refractivity contribution in [2.75, 3.05) is 38.2 Å². The number of hydrogen-bond acceptors (Lipinski definition) is 6. The van der Waals surface area contributed by atoms with Gasteiger partial charge in [0, 0.05) is 56.9 Å². The first-order valence-electron chi connectivity index (χ1n) is 10.4. The Hall–Kier alpha value is -2.97. The fourth-order valence-corrected chi connectivity index (χ4v) is 4.20. The number of nitrogens with one attached hydrogen (secondary N) is 1. The summed E-state index contributed by atoms with van der Waals surface area (Å²) < 4.78 is 13.5. The van der Waals surface area contributed by atoms with Crippen LogP contribution in [0.15, 0.2) is 48.9 Å². The van der Waals surface area contributed by atoms with Crippen LogP contribution in [-0.2, 0) is 14.3 Å². The van der Waals surface area contributed by atoms with E-state index in [9.17, 15) is 4.79 Å². The molecule has 2 aliphatic heterocycles. The summed E-state index contributed by atoms with van der Waals surface area (Å²) in [6.07, 6.45) is 7.25. The zero-order chi connectivity index (χ0) is 20.4. The predicted octanol–water partition coefficient (Wildman–Crippen LogP) is 2.56. The number of benzene rings is 1. The van der Waals surface area contributed by atoms with Crippen molar-refractivity contribution < 1.29 is 14.3 Å². The van der Waals surface area contributed by atoms with Gasteiger partial charge in [0.1, 0.15) is 11.5 Å². The van der Waals surface area contributed by atoms with Crippen LogP contribution in [0.5, 0.6) is 0 Å². The predicted molar refractivity (Wildman–Crippen MR) is 112 cm³/mol. The number of rotatable bonds is 5. The number of likely N-dealkylation sites (tertiary alicyclic amines) is 1. The van der Waals surface area contributed by atoms with Crippen molar-refractivity contribution in [1.29, 1.82) is 0 Å². The summed E-state index contributed by atoms with van der Waals surface area (Å²) in [5.41, 5.74) is 2.64. The van der Waals surface area contributed by atoms with Gasteiger partial charge >= 0.3 is 0 Å². The number of piperidine rings is 1. The number of carbonyl (C=O) groups excluding carboxylic acids is 1. The van der Waals surface area contributed by atoms with Crippen LogP contribution in [0.3, 0.4) is 0 Å². The Balaban J connectivity index is 1.25. The summed E-state index contributed by atoms with van der Waals surface area (Å²) in [7, 11) is 0. The molecular weight excluding hydrogens is 382 g/mol. The standard InChI is InChI=1S/C22H25N5O3/c28-19(26-11-7-22(8-12-26)29-14-15-30-22)6-9-24-21-20(17-4-2-1-3-5-17)25-18-16-23-10-13-27(18)21/h1-5,10,13,16,24H,6-9,11-12,14-15H2. The van der Waals surface area contributed by atoms with Gasteiger partial charge < -0.3 is 19.7 Å². The summed E-state index contributed by atoms with van der Waals surface area (Å²) >= 11 is 0. The first kappa shape index (κ1) is 19.0. The molecule has 1 amide bonds. The highest BCUT2D eigenvalue weighted by Gasteiger charge is 2.40. The molecule has 1 N–H and O–H groups in total. The number of amides is 1. The van der Waals surface area contributed by atoms with E-state index in [1.807, 2.05) is 45.8 Å². The normalized spacial score (nSPS) is 18.2. The third-order valence-electron chi connectivity index (χ3n) is 5.80. The fraction of sp³-hybridized carbons (Fsp3) is 0.409. The molecule has 8 heteroatoms. The minimum atomic E-state index is -0.454. The van der Waals surface area contributed by atoms with Crippen LogP contribution in [0.1, 0.15) is 19.3 Å². The van der Waals surface area contributed by atoms with E-state index in [1.54, 1.807) is 12.4 Å². The van der Waals surface area contributed by atoms with Crippen molar-refractivity contribution in [3.8, 4) is 11.3 Å². The topological polar surface area (TPSA) is 81.0 Å². The van der Waals surface area contributed by atoms with Crippen molar-refractivity contribution in [3.63, 3.8) is 0 Å². The Morgan fingerprint density at radius 1 is 1.13 bits per heavy atom. The van der Waals surface area contributed by atoms with Crippen LogP contribution >= 0.6 is 0 Å².